The molecule has 0 saturated carbocycles. The predicted molar refractivity (Wildman–Crippen MR) is 53.3 cm³/mol. The molecule has 0 saturated heterocycles. The van der Waals surface area contributed by atoms with Crippen LogP contribution in [0.15, 0.2) is 30.3 Å². The van der Waals surface area contributed by atoms with Crippen molar-refractivity contribution in [1.82, 2.24) is 10.9 Å². The maximum Gasteiger partial charge on any atom is 0.260 e. The summed E-state index contributed by atoms with van der Waals surface area (Å²) >= 11 is 0. The first-order valence-electron chi connectivity index (χ1n) is 4.37. The largest absolute Gasteiger partial charge is 0.375 e. The van der Waals surface area contributed by atoms with Crippen LogP contribution in [0, 0.1) is 0 Å². The molecule has 1 aromatic rings. The van der Waals surface area contributed by atoms with E-state index in [0.29, 0.717) is 6.54 Å². The van der Waals surface area contributed by atoms with Gasteiger partial charge in [-0.3, -0.25) is 10.2 Å². The smallest absolute Gasteiger partial charge is 0.260 e. The number of benzene rings is 1. The van der Waals surface area contributed by atoms with Crippen LogP contribution in [0.1, 0.15) is 5.56 Å². The van der Waals surface area contributed by atoms with Crippen LogP contribution in [0.4, 0.5) is 0 Å². The molecule has 0 aliphatic rings. The van der Waals surface area contributed by atoms with E-state index in [9.17, 15) is 4.79 Å². The summed E-state index contributed by atoms with van der Waals surface area (Å²) in [6, 6.07) is 9.82. The molecule has 14 heavy (non-hydrogen) atoms. The van der Waals surface area contributed by atoms with E-state index in [4.69, 9.17) is 0 Å². The minimum atomic E-state index is -0.177. The SMILES string of the molecule is COCC(=O)NNCc1ccccc1. The number of carbonyl (C=O) groups is 1. The molecule has 1 rings (SSSR count). The van der Waals surface area contributed by atoms with Crippen molar-refractivity contribution in [2.24, 2.45) is 0 Å². The lowest BCUT2D eigenvalue weighted by Gasteiger charge is -2.06. The van der Waals surface area contributed by atoms with Crippen LogP contribution >= 0.6 is 0 Å². The van der Waals surface area contributed by atoms with E-state index in [-0.39, 0.29) is 12.5 Å². The first-order chi connectivity index (χ1) is 6.83. The second-order valence-corrected chi connectivity index (χ2v) is 2.82. The Morgan fingerprint density at radius 3 is 2.71 bits per heavy atom. The van der Waals surface area contributed by atoms with Crippen molar-refractivity contribution < 1.29 is 9.53 Å². The summed E-state index contributed by atoms with van der Waals surface area (Å²) in [5, 5.41) is 0. The number of methoxy groups -OCH3 is 1. The van der Waals surface area contributed by atoms with Crippen molar-refractivity contribution in [3.63, 3.8) is 0 Å². The molecule has 0 aliphatic heterocycles. The lowest BCUT2D eigenvalue weighted by molar-refractivity contribution is -0.125. The van der Waals surface area contributed by atoms with Crippen molar-refractivity contribution in [3.8, 4) is 0 Å². The Balaban J connectivity index is 2.19. The van der Waals surface area contributed by atoms with Crippen LogP contribution in [0.2, 0.25) is 0 Å². The van der Waals surface area contributed by atoms with Crippen molar-refractivity contribution in [2.75, 3.05) is 13.7 Å². The summed E-state index contributed by atoms with van der Waals surface area (Å²) in [6.45, 7) is 0.679. The van der Waals surface area contributed by atoms with E-state index < -0.39 is 0 Å². The highest BCUT2D eigenvalue weighted by atomic mass is 16.5. The average molecular weight is 194 g/mol. The molecule has 0 heterocycles. The van der Waals surface area contributed by atoms with Gasteiger partial charge in [0.25, 0.3) is 5.91 Å². The number of nitrogens with one attached hydrogen (secondary N) is 2. The Kier molecular flexibility index (Phi) is 4.68. The molecule has 0 aromatic heterocycles. The highest BCUT2D eigenvalue weighted by Gasteiger charge is 1.97. The predicted octanol–water partition coefficient (Wildman–Crippen LogP) is 0.454. The normalized spacial score (nSPS) is 9.79. The van der Waals surface area contributed by atoms with E-state index in [1.54, 1.807) is 0 Å². The zero-order chi connectivity index (χ0) is 10.2. The van der Waals surface area contributed by atoms with Crippen LogP contribution in [0.3, 0.4) is 0 Å². The molecule has 1 aromatic carbocycles. The Morgan fingerprint density at radius 1 is 1.36 bits per heavy atom. The summed E-state index contributed by atoms with van der Waals surface area (Å²) in [6.07, 6.45) is 0. The third-order valence-corrected chi connectivity index (χ3v) is 1.64. The fraction of sp³-hybridized carbons (Fsp3) is 0.300. The van der Waals surface area contributed by atoms with Crippen LogP contribution < -0.4 is 10.9 Å². The maximum atomic E-state index is 10.9. The van der Waals surface area contributed by atoms with E-state index >= 15 is 0 Å². The quantitative estimate of drug-likeness (QED) is 0.669. The van der Waals surface area contributed by atoms with Crippen molar-refractivity contribution in [1.29, 1.82) is 0 Å². The van der Waals surface area contributed by atoms with Gasteiger partial charge >= 0.3 is 0 Å². The van der Waals surface area contributed by atoms with Crippen LogP contribution in [0.25, 0.3) is 0 Å². The van der Waals surface area contributed by atoms with Gasteiger partial charge in [0.15, 0.2) is 0 Å². The first-order valence-corrected chi connectivity index (χ1v) is 4.37. The summed E-state index contributed by atoms with van der Waals surface area (Å²) < 4.78 is 4.65. The van der Waals surface area contributed by atoms with Crippen molar-refractivity contribution in [3.05, 3.63) is 35.9 Å². The summed E-state index contributed by atoms with van der Waals surface area (Å²) in [4.78, 5) is 10.9. The van der Waals surface area contributed by atoms with Gasteiger partial charge in [0, 0.05) is 13.7 Å². The molecule has 0 fully saturated rings. The van der Waals surface area contributed by atoms with Gasteiger partial charge in [-0.05, 0) is 5.56 Å². The lowest BCUT2D eigenvalue weighted by atomic mass is 10.2. The summed E-state index contributed by atoms with van der Waals surface area (Å²) in [5.41, 5.74) is 6.44. The van der Waals surface area contributed by atoms with Gasteiger partial charge in [-0.1, -0.05) is 30.3 Å². The average Bonchev–Trinajstić information content (AvgIpc) is 2.20. The number of carbonyl (C=O) groups excluding carboxylic acids is 1. The Morgan fingerprint density at radius 2 is 2.07 bits per heavy atom. The molecule has 0 spiro atoms. The monoisotopic (exact) mass is 194 g/mol. The Labute approximate surface area is 83.2 Å². The number of amides is 1. The second-order valence-electron chi connectivity index (χ2n) is 2.82. The highest BCUT2D eigenvalue weighted by Crippen LogP contribution is 1.95. The van der Waals surface area contributed by atoms with Crippen LogP contribution in [-0.2, 0) is 16.1 Å². The van der Waals surface area contributed by atoms with E-state index in [1.165, 1.54) is 7.11 Å². The van der Waals surface area contributed by atoms with Gasteiger partial charge in [-0.2, -0.15) is 0 Å². The molecule has 76 valence electrons. The van der Waals surface area contributed by atoms with E-state index in [0.717, 1.165) is 5.56 Å². The van der Waals surface area contributed by atoms with E-state index in [1.807, 2.05) is 30.3 Å². The maximum absolute atomic E-state index is 10.9. The van der Waals surface area contributed by atoms with Crippen LogP contribution in [0.5, 0.6) is 0 Å². The second kappa shape index (κ2) is 6.12. The zero-order valence-corrected chi connectivity index (χ0v) is 8.12. The molecule has 2 N–H and O–H groups in total. The fourth-order valence-electron chi connectivity index (χ4n) is 1.01. The van der Waals surface area contributed by atoms with Gasteiger partial charge in [-0.25, -0.2) is 5.43 Å². The van der Waals surface area contributed by atoms with E-state index in [2.05, 4.69) is 15.6 Å². The molecule has 4 heteroatoms. The fourth-order valence-corrected chi connectivity index (χ4v) is 1.01. The lowest BCUT2D eigenvalue weighted by Crippen LogP contribution is -2.38. The van der Waals surface area contributed by atoms with Crippen LogP contribution in [-0.4, -0.2) is 19.6 Å². The van der Waals surface area contributed by atoms with Gasteiger partial charge < -0.3 is 4.74 Å². The van der Waals surface area contributed by atoms with Gasteiger partial charge in [0.1, 0.15) is 6.61 Å². The topological polar surface area (TPSA) is 50.4 Å². The standard InChI is InChI=1S/C10H14N2O2/c1-14-8-10(13)12-11-7-9-5-3-2-4-6-9/h2-6,11H,7-8H2,1H3,(H,12,13). The number of rotatable bonds is 5. The van der Waals surface area contributed by atoms with Gasteiger partial charge in [-0.15, -0.1) is 0 Å². The minimum absolute atomic E-state index is 0.0712. The number of hydrazine groups is 1. The molecule has 0 aliphatic carbocycles. The number of ether oxygens (including phenoxy) is 1. The number of hydrogen-bond acceptors (Lipinski definition) is 3. The van der Waals surface area contributed by atoms with Crippen molar-refractivity contribution >= 4 is 5.91 Å². The summed E-state index contributed by atoms with van der Waals surface area (Å²) in [7, 11) is 1.48. The summed E-state index contributed by atoms with van der Waals surface area (Å²) in [5.74, 6) is -0.177. The Hall–Kier alpha value is -1.39. The van der Waals surface area contributed by atoms with Gasteiger partial charge in [0.05, 0.1) is 0 Å². The molecule has 0 bridgehead atoms. The molecule has 0 atom stereocenters. The molecular weight excluding hydrogens is 180 g/mol. The minimum Gasteiger partial charge on any atom is -0.375 e. The number of hydrogen-bond donors (Lipinski definition) is 2. The highest BCUT2D eigenvalue weighted by molar-refractivity contribution is 5.76. The zero-order valence-electron chi connectivity index (χ0n) is 8.12. The molecular formula is C10H14N2O2. The molecule has 0 unspecified atom stereocenters. The third-order valence-electron chi connectivity index (χ3n) is 1.64. The molecule has 4 nitrogen and oxygen atoms in total. The third kappa shape index (κ3) is 4.02. The Bertz CT molecular complexity index is 275. The van der Waals surface area contributed by atoms with Crippen molar-refractivity contribution in [2.45, 2.75) is 6.54 Å². The van der Waals surface area contributed by atoms with Gasteiger partial charge in [0.2, 0.25) is 0 Å². The first kappa shape index (κ1) is 10.7. The molecule has 1 amide bonds. The molecule has 0 radical (unpaired) electrons.